The average Bonchev–Trinajstić information content (AvgIpc) is 3.21. The molecule has 2 unspecified atom stereocenters. The maximum atomic E-state index is 13.7. The van der Waals surface area contributed by atoms with Gasteiger partial charge in [0.2, 0.25) is 5.95 Å². The smallest absolute Gasteiger partial charge is 0.330 e. The fraction of sp³-hybridized carbons (Fsp3) is 0.259. The molecule has 1 aliphatic rings. The molecule has 0 saturated carbocycles. The predicted molar refractivity (Wildman–Crippen MR) is 134 cm³/mol. The number of carbonyl (C=O) groups is 1. The molecule has 0 radical (unpaired) electrons. The minimum absolute atomic E-state index is 0.0634. The molecule has 0 aliphatic carbocycles. The van der Waals surface area contributed by atoms with Crippen molar-refractivity contribution in [3.8, 4) is 22.5 Å². The van der Waals surface area contributed by atoms with Crippen LogP contribution in [0.1, 0.15) is 37.4 Å². The van der Waals surface area contributed by atoms with Gasteiger partial charge >= 0.3 is 5.97 Å². The molecule has 5 rings (SSSR count). The van der Waals surface area contributed by atoms with Crippen LogP contribution in [0.25, 0.3) is 22.5 Å². The lowest BCUT2D eigenvalue weighted by molar-refractivity contribution is -0.146. The van der Waals surface area contributed by atoms with Crippen molar-refractivity contribution in [1.29, 1.82) is 0 Å². The number of hydrogen-bond acceptors (Lipinski definition) is 6. The van der Waals surface area contributed by atoms with Gasteiger partial charge in [0.25, 0.3) is 5.56 Å². The lowest BCUT2D eigenvalue weighted by atomic mass is 10.0. The minimum atomic E-state index is -0.685. The van der Waals surface area contributed by atoms with E-state index < -0.39 is 17.8 Å². The average molecular weight is 488 g/mol. The Kier molecular flexibility index (Phi) is 6.37. The highest BCUT2D eigenvalue weighted by Crippen LogP contribution is 2.35. The van der Waals surface area contributed by atoms with Crippen LogP contribution in [-0.2, 0) is 16.1 Å². The monoisotopic (exact) mass is 487 g/mol. The van der Waals surface area contributed by atoms with Gasteiger partial charge in [0, 0.05) is 12.7 Å². The molecule has 2 aromatic heterocycles. The second-order valence-electron chi connectivity index (χ2n) is 8.73. The zero-order chi connectivity index (χ0) is 25.2. The number of nitrogens with zero attached hydrogens (tertiary/aromatic N) is 4. The molecule has 1 aliphatic heterocycles. The number of rotatable bonds is 6. The SMILES string of the molecule is COC(=O)C1CCCn2c(=O)c(-c3ccc(F)cc3)c(-c3ccnc(NC(C)c4ccccc4)n3)n21. The number of aromatic nitrogens is 4. The molecular formula is C27H26FN5O3. The van der Waals surface area contributed by atoms with E-state index in [0.717, 1.165) is 5.56 Å². The largest absolute Gasteiger partial charge is 0.467 e. The van der Waals surface area contributed by atoms with Crippen molar-refractivity contribution in [2.45, 2.75) is 38.4 Å². The highest BCUT2D eigenvalue weighted by Gasteiger charge is 2.34. The highest BCUT2D eigenvalue weighted by atomic mass is 19.1. The Morgan fingerprint density at radius 3 is 2.61 bits per heavy atom. The van der Waals surface area contributed by atoms with Crippen molar-refractivity contribution in [2.24, 2.45) is 0 Å². The molecule has 0 bridgehead atoms. The zero-order valence-electron chi connectivity index (χ0n) is 20.0. The van der Waals surface area contributed by atoms with Crippen molar-refractivity contribution in [1.82, 2.24) is 19.3 Å². The molecule has 9 heteroatoms. The topological polar surface area (TPSA) is 91.0 Å². The second-order valence-corrected chi connectivity index (χ2v) is 8.73. The van der Waals surface area contributed by atoms with Crippen LogP contribution < -0.4 is 10.9 Å². The van der Waals surface area contributed by atoms with Gasteiger partial charge in [0.15, 0.2) is 0 Å². The number of esters is 1. The van der Waals surface area contributed by atoms with Crippen molar-refractivity contribution in [3.63, 3.8) is 0 Å². The van der Waals surface area contributed by atoms with Gasteiger partial charge in [-0.25, -0.2) is 23.8 Å². The number of fused-ring (bicyclic) bond motifs is 1. The third kappa shape index (κ3) is 4.28. The Morgan fingerprint density at radius 1 is 1.14 bits per heavy atom. The maximum Gasteiger partial charge on any atom is 0.330 e. The van der Waals surface area contributed by atoms with Crippen LogP contribution in [0.15, 0.2) is 71.7 Å². The summed E-state index contributed by atoms with van der Waals surface area (Å²) in [4.78, 5) is 35.5. The minimum Gasteiger partial charge on any atom is -0.467 e. The first-order valence-electron chi connectivity index (χ1n) is 11.8. The van der Waals surface area contributed by atoms with Gasteiger partial charge in [-0.1, -0.05) is 42.5 Å². The Labute approximate surface area is 207 Å². The predicted octanol–water partition coefficient (Wildman–Crippen LogP) is 4.59. The van der Waals surface area contributed by atoms with Crippen LogP contribution in [0.2, 0.25) is 0 Å². The number of halogens is 1. The molecule has 0 amide bonds. The molecule has 36 heavy (non-hydrogen) atoms. The Bertz CT molecular complexity index is 1450. The summed E-state index contributed by atoms with van der Waals surface area (Å²) in [5, 5.41) is 3.31. The van der Waals surface area contributed by atoms with E-state index in [1.54, 1.807) is 33.8 Å². The second kappa shape index (κ2) is 9.77. The van der Waals surface area contributed by atoms with Crippen LogP contribution in [-0.4, -0.2) is 32.4 Å². The van der Waals surface area contributed by atoms with Gasteiger partial charge in [0.05, 0.1) is 30.1 Å². The summed E-state index contributed by atoms with van der Waals surface area (Å²) in [6, 6.07) is 16.6. The molecule has 1 N–H and O–H groups in total. The molecule has 4 aromatic rings. The molecule has 3 heterocycles. The van der Waals surface area contributed by atoms with E-state index in [9.17, 15) is 14.0 Å². The van der Waals surface area contributed by atoms with Gasteiger partial charge in [-0.15, -0.1) is 0 Å². The summed E-state index contributed by atoms with van der Waals surface area (Å²) >= 11 is 0. The zero-order valence-corrected chi connectivity index (χ0v) is 20.0. The van der Waals surface area contributed by atoms with Crippen molar-refractivity contribution in [2.75, 3.05) is 12.4 Å². The first-order valence-corrected chi connectivity index (χ1v) is 11.8. The van der Waals surface area contributed by atoms with Gasteiger partial charge in [-0.3, -0.25) is 9.48 Å². The van der Waals surface area contributed by atoms with Gasteiger partial charge < -0.3 is 10.1 Å². The first kappa shape index (κ1) is 23.5. The van der Waals surface area contributed by atoms with Gasteiger partial charge in [0.1, 0.15) is 11.9 Å². The fourth-order valence-corrected chi connectivity index (χ4v) is 4.71. The van der Waals surface area contributed by atoms with Crippen LogP contribution in [0.4, 0.5) is 10.3 Å². The van der Waals surface area contributed by atoms with E-state index >= 15 is 0 Å². The van der Waals surface area contributed by atoms with E-state index in [1.165, 1.54) is 19.2 Å². The molecule has 2 aromatic carbocycles. The van der Waals surface area contributed by atoms with E-state index in [0.29, 0.717) is 47.8 Å². The third-order valence-electron chi connectivity index (χ3n) is 6.47. The number of methoxy groups -OCH3 is 1. The third-order valence-corrected chi connectivity index (χ3v) is 6.47. The normalized spacial score (nSPS) is 15.7. The summed E-state index contributed by atoms with van der Waals surface area (Å²) in [6.45, 7) is 2.45. The lowest BCUT2D eigenvalue weighted by Gasteiger charge is -2.27. The standard InChI is InChI=1S/C27H26FN5O3/c1-17(18-7-4-3-5-8-18)30-27-29-15-14-21(31-27)24-23(19-10-12-20(28)13-11-19)25(34)32-16-6-9-22(33(24)32)26(35)36-2/h3-5,7-8,10-15,17,22H,6,9,16H2,1-2H3,(H,29,30,31). The van der Waals surface area contributed by atoms with Crippen LogP contribution >= 0.6 is 0 Å². The number of hydrogen-bond donors (Lipinski definition) is 1. The summed E-state index contributed by atoms with van der Waals surface area (Å²) in [7, 11) is 1.33. The van der Waals surface area contributed by atoms with Gasteiger partial charge in [-0.2, -0.15) is 0 Å². The van der Waals surface area contributed by atoms with Gasteiger partial charge in [-0.05, 0) is 49.1 Å². The quantitative estimate of drug-likeness (QED) is 0.400. The van der Waals surface area contributed by atoms with E-state index in [1.807, 2.05) is 37.3 Å². The summed E-state index contributed by atoms with van der Waals surface area (Å²) < 4.78 is 22.0. The molecule has 8 nitrogen and oxygen atoms in total. The summed E-state index contributed by atoms with van der Waals surface area (Å²) in [5.74, 6) is -0.456. The number of anilines is 1. The molecule has 0 fully saturated rings. The van der Waals surface area contributed by atoms with Crippen molar-refractivity contribution >= 4 is 11.9 Å². The lowest BCUT2D eigenvalue weighted by Crippen LogP contribution is -2.35. The fourth-order valence-electron chi connectivity index (χ4n) is 4.71. The van der Waals surface area contributed by atoms with Crippen molar-refractivity contribution in [3.05, 3.63) is 88.6 Å². The number of ether oxygens (including phenoxy) is 1. The Balaban J connectivity index is 1.67. The van der Waals surface area contributed by atoms with E-state index in [4.69, 9.17) is 9.72 Å². The summed E-state index contributed by atoms with van der Waals surface area (Å²) in [6.07, 6.45) is 2.79. The molecular weight excluding hydrogens is 461 g/mol. The van der Waals surface area contributed by atoms with E-state index in [-0.39, 0.29) is 11.6 Å². The summed E-state index contributed by atoms with van der Waals surface area (Å²) in [5.41, 5.74) is 2.64. The molecule has 184 valence electrons. The maximum absolute atomic E-state index is 13.7. The Hall–Kier alpha value is -4.27. The number of carbonyl (C=O) groups excluding carboxylic acids is 1. The number of benzene rings is 2. The molecule has 2 atom stereocenters. The highest BCUT2D eigenvalue weighted by molar-refractivity contribution is 5.82. The van der Waals surface area contributed by atoms with E-state index in [2.05, 4.69) is 10.3 Å². The molecule has 0 saturated heterocycles. The first-order chi connectivity index (χ1) is 17.5. The molecule has 0 spiro atoms. The van der Waals surface area contributed by atoms with Crippen LogP contribution in [0.5, 0.6) is 0 Å². The number of nitrogens with one attached hydrogen (secondary N) is 1. The van der Waals surface area contributed by atoms with Crippen molar-refractivity contribution < 1.29 is 13.9 Å². The van der Waals surface area contributed by atoms with Crippen LogP contribution in [0, 0.1) is 5.82 Å². The van der Waals surface area contributed by atoms with Crippen LogP contribution in [0.3, 0.4) is 0 Å². The Morgan fingerprint density at radius 2 is 1.89 bits per heavy atom.